The Morgan fingerprint density at radius 1 is 0.913 bits per heavy atom. The molecule has 0 fully saturated rings. The first-order chi connectivity index (χ1) is 11.3. The molecule has 0 spiro atoms. The number of hydrogen-bond donors (Lipinski definition) is 1. The van der Waals surface area contributed by atoms with Crippen LogP contribution in [0.4, 0.5) is 0 Å². The summed E-state index contributed by atoms with van der Waals surface area (Å²) in [6.07, 6.45) is 4.24. The van der Waals surface area contributed by atoms with Crippen molar-refractivity contribution in [3.8, 4) is 17.2 Å². The summed E-state index contributed by atoms with van der Waals surface area (Å²) in [7, 11) is 0. The Kier molecular flexibility index (Phi) is 4.79. The van der Waals surface area contributed by atoms with E-state index in [0.29, 0.717) is 0 Å². The topological polar surface area (TPSA) is 35.8 Å². The van der Waals surface area contributed by atoms with Crippen LogP contribution in [0, 0.1) is 11.3 Å². The minimum Gasteiger partial charge on any atom is -0.317 e. The van der Waals surface area contributed by atoms with Crippen LogP contribution in [-0.4, -0.2) is 13.1 Å². The molecule has 0 unspecified atom stereocenters. The fourth-order valence-corrected chi connectivity index (χ4v) is 3.71. The van der Waals surface area contributed by atoms with Crippen molar-refractivity contribution in [2.45, 2.75) is 38.0 Å². The number of hydrogen-bond acceptors (Lipinski definition) is 2. The number of rotatable bonds is 7. The lowest BCUT2D eigenvalue weighted by atomic mass is 9.75. The van der Waals surface area contributed by atoms with Gasteiger partial charge in [0, 0.05) is 0 Å². The third-order valence-corrected chi connectivity index (χ3v) is 4.84. The van der Waals surface area contributed by atoms with Gasteiger partial charge in [0.2, 0.25) is 0 Å². The Bertz CT molecular complexity index is 666. The summed E-state index contributed by atoms with van der Waals surface area (Å²) >= 11 is 0. The number of nitriles is 1. The van der Waals surface area contributed by atoms with E-state index in [9.17, 15) is 5.26 Å². The molecule has 118 valence electrons. The van der Waals surface area contributed by atoms with Gasteiger partial charge in [-0.05, 0) is 61.0 Å². The molecule has 2 aromatic rings. The SMILES string of the molecule is CCCNCCCCC1(C#N)c2ccccc2-c2ccccc21. The van der Waals surface area contributed by atoms with Crippen LogP contribution in [-0.2, 0) is 5.41 Å². The quantitative estimate of drug-likeness (QED) is 0.756. The first-order valence-electron chi connectivity index (χ1n) is 8.65. The molecule has 0 saturated heterocycles. The molecule has 0 heterocycles. The molecule has 1 aliphatic rings. The van der Waals surface area contributed by atoms with Crippen molar-refractivity contribution in [3.63, 3.8) is 0 Å². The maximum Gasteiger partial charge on any atom is 0.108 e. The molecule has 2 aromatic carbocycles. The van der Waals surface area contributed by atoms with E-state index in [0.717, 1.165) is 32.4 Å². The molecule has 0 atom stereocenters. The molecule has 3 rings (SSSR count). The van der Waals surface area contributed by atoms with E-state index in [1.54, 1.807) is 0 Å². The zero-order chi connectivity index (χ0) is 16.1. The second-order valence-electron chi connectivity index (χ2n) is 6.32. The minimum atomic E-state index is -0.474. The standard InChI is InChI=1S/C21H24N2/c1-2-14-23-15-8-7-13-21(16-22)19-11-5-3-9-17(19)18-10-4-6-12-20(18)21/h3-6,9-12,23H,2,7-8,13-15H2,1H3. The largest absolute Gasteiger partial charge is 0.317 e. The Morgan fingerprint density at radius 3 is 2.09 bits per heavy atom. The van der Waals surface area contributed by atoms with Gasteiger partial charge < -0.3 is 5.32 Å². The minimum absolute atomic E-state index is 0.474. The van der Waals surface area contributed by atoms with E-state index in [1.807, 2.05) is 0 Å². The highest BCUT2D eigenvalue weighted by atomic mass is 14.8. The molecular formula is C21H24N2. The predicted octanol–water partition coefficient (Wildman–Crippen LogP) is 4.65. The number of nitrogens with zero attached hydrogens (tertiary/aromatic N) is 1. The highest BCUT2D eigenvalue weighted by molar-refractivity contribution is 5.82. The summed E-state index contributed by atoms with van der Waals surface area (Å²) in [5, 5.41) is 13.5. The van der Waals surface area contributed by atoms with Gasteiger partial charge in [-0.2, -0.15) is 5.26 Å². The molecule has 23 heavy (non-hydrogen) atoms. The molecule has 0 saturated carbocycles. The summed E-state index contributed by atoms with van der Waals surface area (Å²) in [5.41, 5.74) is 4.36. The maximum atomic E-state index is 10.1. The molecule has 1 aliphatic carbocycles. The van der Waals surface area contributed by atoms with Gasteiger partial charge in [-0.3, -0.25) is 0 Å². The van der Waals surface area contributed by atoms with Gasteiger partial charge in [0.1, 0.15) is 5.41 Å². The summed E-state index contributed by atoms with van der Waals surface area (Å²) in [6.45, 7) is 4.30. The van der Waals surface area contributed by atoms with Gasteiger partial charge in [0.25, 0.3) is 0 Å². The third kappa shape index (κ3) is 2.78. The van der Waals surface area contributed by atoms with Crippen molar-refractivity contribution in [1.29, 1.82) is 5.26 Å². The lowest BCUT2D eigenvalue weighted by Gasteiger charge is -2.24. The zero-order valence-electron chi connectivity index (χ0n) is 13.8. The number of fused-ring (bicyclic) bond motifs is 3. The number of nitrogens with one attached hydrogen (secondary N) is 1. The molecule has 0 amide bonds. The van der Waals surface area contributed by atoms with E-state index in [1.165, 1.54) is 28.7 Å². The Morgan fingerprint density at radius 2 is 1.52 bits per heavy atom. The van der Waals surface area contributed by atoms with Gasteiger partial charge in [-0.25, -0.2) is 0 Å². The fourth-order valence-electron chi connectivity index (χ4n) is 3.71. The van der Waals surface area contributed by atoms with Crippen LogP contribution in [0.15, 0.2) is 48.5 Å². The maximum absolute atomic E-state index is 10.1. The Balaban J connectivity index is 1.85. The van der Waals surface area contributed by atoms with Gasteiger partial charge in [0.15, 0.2) is 0 Å². The van der Waals surface area contributed by atoms with Crippen LogP contribution in [0.1, 0.15) is 43.7 Å². The number of unbranched alkanes of at least 4 members (excludes halogenated alkanes) is 1. The normalized spacial score (nSPS) is 14.1. The van der Waals surface area contributed by atoms with Crippen molar-refractivity contribution in [2.24, 2.45) is 0 Å². The lowest BCUT2D eigenvalue weighted by molar-refractivity contribution is 0.531. The second kappa shape index (κ2) is 6.98. The average Bonchev–Trinajstić information content (AvgIpc) is 2.89. The van der Waals surface area contributed by atoms with Crippen LogP contribution in [0.3, 0.4) is 0 Å². The molecule has 0 aromatic heterocycles. The van der Waals surface area contributed by atoms with E-state index in [-0.39, 0.29) is 0 Å². The summed E-state index contributed by atoms with van der Waals surface area (Å²) in [4.78, 5) is 0. The second-order valence-corrected chi connectivity index (χ2v) is 6.32. The van der Waals surface area contributed by atoms with Crippen LogP contribution in [0.5, 0.6) is 0 Å². The molecule has 0 radical (unpaired) electrons. The van der Waals surface area contributed by atoms with Crippen molar-refractivity contribution < 1.29 is 0 Å². The van der Waals surface area contributed by atoms with Crippen molar-refractivity contribution in [3.05, 3.63) is 59.7 Å². The summed E-state index contributed by atoms with van der Waals surface area (Å²) < 4.78 is 0. The van der Waals surface area contributed by atoms with Gasteiger partial charge in [-0.1, -0.05) is 55.5 Å². The number of benzene rings is 2. The van der Waals surface area contributed by atoms with Crippen LogP contribution in [0.25, 0.3) is 11.1 Å². The van der Waals surface area contributed by atoms with E-state index in [4.69, 9.17) is 0 Å². The van der Waals surface area contributed by atoms with Crippen molar-refractivity contribution in [2.75, 3.05) is 13.1 Å². The first kappa shape index (κ1) is 15.8. The Hall–Kier alpha value is -2.11. The van der Waals surface area contributed by atoms with E-state index in [2.05, 4.69) is 66.8 Å². The zero-order valence-corrected chi connectivity index (χ0v) is 13.8. The van der Waals surface area contributed by atoms with Crippen molar-refractivity contribution >= 4 is 0 Å². The highest BCUT2D eigenvalue weighted by Gasteiger charge is 2.42. The Labute approximate surface area is 139 Å². The molecule has 2 heteroatoms. The van der Waals surface area contributed by atoms with Crippen LogP contribution >= 0.6 is 0 Å². The molecule has 0 bridgehead atoms. The summed E-state index contributed by atoms with van der Waals surface area (Å²) in [5.74, 6) is 0. The first-order valence-corrected chi connectivity index (χ1v) is 8.65. The fraction of sp³-hybridized carbons (Fsp3) is 0.381. The average molecular weight is 304 g/mol. The highest BCUT2D eigenvalue weighted by Crippen LogP contribution is 2.50. The van der Waals surface area contributed by atoms with Gasteiger partial charge in [-0.15, -0.1) is 0 Å². The van der Waals surface area contributed by atoms with E-state index >= 15 is 0 Å². The van der Waals surface area contributed by atoms with Crippen LogP contribution in [0.2, 0.25) is 0 Å². The van der Waals surface area contributed by atoms with E-state index < -0.39 is 5.41 Å². The van der Waals surface area contributed by atoms with Gasteiger partial charge in [0.05, 0.1) is 6.07 Å². The molecule has 1 N–H and O–H groups in total. The smallest absolute Gasteiger partial charge is 0.108 e. The molecule has 2 nitrogen and oxygen atoms in total. The van der Waals surface area contributed by atoms with Crippen LogP contribution < -0.4 is 5.32 Å². The van der Waals surface area contributed by atoms with Gasteiger partial charge >= 0.3 is 0 Å². The third-order valence-electron chi connectivity index (χ3n) is 4.84. The lowest BCUT2D eigenvalue weighted by Crippen LogP contribution is -2.24. The van der Waals surface area contributed by atoms with Crippen molar-refractivity contribution in [1.82, 2.24) is 5.32 Å². The molecule has 0 aliphatic heterocycles. The summed E-state index contributed by atoms with van der Waals surface area (Å²) in [6, 6.07) is 19.5. The predicted molar refractivity (Wildman–Crippen MR) is 95.3 cm³/mol. The molecular weight excluding hydrogens is 280 g/mol. The monoisotopic (exact) mass is 304 g/mol.